The smallest absolute Gasteiger partial charge is 0.313 e. The van der Waals surface area contributed by atoms with Crippen LogP contribution in [-0.2, 0) is 10.2 Å². The van der Waals surface area contributed by atoms with Crippen molar-refractivity contribution in [3.63, 3.8) is 0 Å². The molecule has 0 aliphatic carbocycles. The fourth-order valence-electron chi connectivity index (χ4n) is 3.34. The van der Waals surface area contributed by atoms with Crippen LogP contribution in [0.15, 0.2) is 30.3 Å². The normalized spacial score (nSPS) is 11.8. The molecule has 0 saturated heterocycles. The summed E-state index contributed by atoms with van der Waals surface area (Å²) in [5.41, 5.74) is -0.423. The number of aromatic hydroxyl groups is 1. The third-order valence-corrected chi connectivity index (χ3v) is 5.54. The first kappa shape index (κ1) is 20.2. The Balaban J connectivity index is 2.38. The number of phenolic OH excluding ortho intramolecular Hbond substituents is 1. The van der Waals surface area contributed by atoms with Gasteiger partial charge < -0.3 is 10.2 Å². The van der Waals surface area contributed by atoms with E-state index in [1.807, 2.05) is 0 Å². The van der Waals surface area contributed by atoms with Crippen molar-refractivity contribution in [3.05, 3.63) is 63.0 Å². The van der Waals surface area contributed by atoms with E-state index in [2.05, 4.69) is 0 Å². The molecule has 8 heteroatoms. The Kier molecular flexibility index (Phi) is 4.89. The summed E-state index contributed by atoms with van der Waals surface area (Å²) in [5, 5.41) is 20.2. The summed E-state index contributed by atoms with van der Waals surface area (Å²) in [6.07, 6.45) is 0. The highest BCUT2D eigenvalue weighted by atomic mass is 35.5. The molecular weight excluding hydrogens is 408 g/mol. The number of carboxylic acids is 1. The van der Waals surface area contributed by atoms with Gasteiger partial charge in [0.1, 0.15) is 0 Å². The average Bonchev–Trinajstić information content (AvgIpc) is 2.88. The summed E-state index contributed by atoms with van der Waals surface area (Å²) >= 11 is 11.9. The predicted octanol–water partition coefficient (Wildman–Crippen LogP) is 5.15. The van der Waals surface area contributed by atoms with Gasteiger partial charge in [-0.15, -0.1) is 0 Å². The summed E-state index contributed by atoms with van der Waals surface area (Å²) in [7, 11) is 0. The quantitative estimate of drug-likeness (QED) is 0.610. The number of benzene rings is 2. The number of carboxylic acid groups (broad SMARTS) is 1. The topological polar surface area (TPSA) is 79.5 Å². The summed E-state index contributed by atoms with van der Waals surface area (Å²) in [4.78, 5) is 25.0. The number of rotatable bonds is 3. The summed E-state index contributed by atoms with van der Waals surface area (Å²) < 4.78 is 15.3. The molecule has 0 bridgehead atoms. The van der Waals surface area contributed by atoms with Gasteiger partial charge in [0.2, 0.25) is 0 Å². The van der Waals surface area contributed by atoms with Crippen molar-refractivity contribution < 1.29 is 24.2 Å². The summed E-state index contributed by atoms with van der Waals surface area (Å²) in [5.74, 6) is -3.21. The monoisotopic (exact) mass is 423 g/mol. The number of hydrogen-bond acceptors (Lipinski definition) is 3. The van der Waals surface area contributed by atoms with Gasteiger partial charge in [-0.3, -0.25) is 14.2 Å². The lowest BCUT2D eigenvalue weighted by Gasteiger charge is -2.20. The molecule has 1 aromatic heterocycles. The van der Waals surface area contributed by atoms with Crippen molar-refractivity contribution in [1.82, 2.24) is 4.57 Å². The Hall–Kier alpha value is -2.57. The maximum absolute atomic E-state index is 14.1. The summed E-state index contributed by atoms with van der Waals surface area (Å²) in [6, 6.07) is 6.47. The van der Waals surface area contributed by atoms with Gasteiger partial charge in [-0.05, 0) is 50.6 Å². The molecule has 2 aromatic carbocycles. The first-order valence-electron chi connectivity index (χ1n) is 8.24. The van der Waals surface area contributed by atoms with E-state index in [1.165, 1.54) is 36.6 Å². The SMILES string of the molecule is Cc1c(C(C)(C)C(=O)O)c2cc(O)c(F)cc2n1C(=O)c1ccc(Cl)c(Cl)c1. The zero-order valence-electron chi connectivity index (χ0n) is 15.2. The lowest BCUT2D eigenvalue weighted by molar-refractivity contribution is -0.142. The minimum absolute atomic E-state index is 0.146. The second-order valence-electron chi connectivity index (χ2n) is 6.98. The molecule has 0 atom stereocenters. The minimum Gasteiger partial charge on any atom is -0.505 e. The predicted molar refractivity (Wildman–Crippen MR) is 105 cm³/mol. The standard InChI is InChI=1S/C20H16Cl2FNO4/c1-9-17(20(2,3)19(27)28)11-7-16(25)14(23)8-15(11)24(9)18(26)10-4-5-12(21)13(22)6-10/h4-8,25H,1-3H3,(H,27,28). The number of nitrogens with zero attached hydrogens (tertiary/aromatic N) is 1. The second-order valence-corrected chi connectivity index (χ2v) is 7.80. The molecule has 0 amide bonds. The number of fused-ring (bicyclic) bond motifs is 1. The van der Waals surface area contributed by atoms with E-state index >= 15 is 0 Å². The van der Waals surface area contributed by atoms with E-state index in [-0.39, 0.29) is 26.5 Å². The molecule has 0 saturated carbocycles. The van der Waals surface area contributed by atoms with Crippen LogP contribution in [0.2, 0.25) is 10.0 Å². The maximum Gasteiger partial charge on any atom is 0.313 e. The van der Waals surface area contributed by atoms with Crippen LogP contribution in [0.5, 0.6) is 5.75 Å². The number of aliphatic carboxylic acids is 1. The zero-order chi connectivity index (χ0) is 21.0. The highest BCUT2D eigenvalue weighted by Gasteiger charge is 2.36. The van der Waals surface area contributed by atoms with Crippen molar-refractivity contribution >= 4 is 46.0 Å². The second kappa shape index (κ2) is 6.79. The molecule has 1 heterocycles. The van der Waals surface area contributed by atoms with Gasteiger partial charge in [0.25, 0.3) is 5.91 Å². The molecule has 0 aliphatic rings. The third kappa shape index (κ3) is 3.02. The van der Waals surface area contributed by atoms with Gasteiger partial charge in [0.05, 0.1) is 21.0 Å². The molecule has 0 spiro atoms. The van der Waals surface area contributed by atoms with E-state index in [0.717, 1.165) is 12.1 Å². The molecule has 0 radical (unpaired) electrons. The number of phenols is 1. The molecule has 146 valence electrons. The number of carbonyl (C=O) groups excluding carboxylic acids is 1. The molecule has 2 N–H and O–H groups in total. The number of aromatic nitrogens is 1. The fourth-order valence-corrected chi connectivity index (χ4v) is 3.64. The van der Waals surface area contributed by atoms with E-state index in [9.17, 15) is 24.2 Å². The van der Waals surface area contributed by atoms with Crippen LogP contribution in [0.3, 0.4) is 0 Å². The van der Waals surface area contributed by atoms with Crippen molar-refractivity contribution in [1.29, 1.82) is 0 Å². The molecule has 0 aliphatic heterocycles. The van der Waals surface area contributed by atoms with Crippen LogP contribution in [0.4, 0.5) is 4.39 Å². The Morgan fingerprint density at radius 1 is 1.11 bits per heavy atom. The lowest BCUT2D eigenvalue weighted by Crippen LogP contribution is -2.29. The molecule has 0 unspecified atom stereocenters. The highest BCUT2D eigenvalue weighted by molar-refractivity contribution is 6.42. The Labute approximate surface area is 169 Å². The molecule has 3 rings (SSSR count). The first-order chi connectivity index (χ1) is 13.0. The Bertz CT molecular complexity index is 1150. The summed E-state index contributed by atoms with van der Waals surface area (Å²) in [6.45, 7) is 4.53. The van der Waals surface area contributed by atoms with E-state index in [1.54, 1.807) is 6.92 Å². The van der Waals surface area contributed by atoms with E-state index < -0.39 is 28.9 Å². The molecule has 0 fully saturated rings. The maximum atomic E-state index is 14.1. The van der Waals surface area contributed by atoms with Crippen LogP contribution in [-0.4, -0.2) is 26.7 Å². The van der Waals surface area contributed by atoms with Gasteiger partial charge in [0.15, 0.2) is 11.6 Å². The molecule has 5 nitrogen and oxygen atoms in total. The van der Waals surface area contributed by atoms with Crippen LogP contribution in [0, 0.1) is 12.7 Å². The molecule has 3 aromatic rings. The highest BCUT2D eigenvalue weighted by Crippen LogP contribution is 2.39. The number of carbonyl (C=O) groups is 2. The van der Waals surface area contributed by atoms with Crippen molar-refractivity contribution in [2.24, 2.45) is 0 Å². The van der Waals surface area contributed by atoms with Gasteiger partial charge >= 0.3 is 5.97 Å². The fraction of sp³-hybridized carbons (Fsp3) is 0.200. The van der Waals surface area contributed by atoms with E-state index in [0.29, 0.717) is 11.3 Å². The minimum atomic E-state index is -1.39. The van der Waals surface area contributed by atoms with Crippen LogP contribution in [0.25, 0.3) is 10.9 Å². The van der Waals surface area contributed by atoms with Crippen LogP contribution < -0.4 is 0 Å². The Morgan fingerprint density at radius 3 is 2.32 bits per heavy atom. The van der Waals surface area contributed by atoms with Crippen molar-refractivity contribution in [2.45, 2.75) is 26.2 Å². The lowest BCUT2D eigenvalue weighted by atomic mass is 9.83. The van der Waals surface area contributed by atoms with Crippen molar-refractivity contribution in [2.75, 3.05) is 0 Å². The molecule has 28 heavy (non-hydrogen) atoms. The number of halogens is 3. The largest absolute Gasteiger partial charge is 0.505 e. The zero-order valence-corrected chi connectivity index (χ0v) is 16.7. The average molecular weight is 424 g/mol. The first-order valence-corrected chi connectivity index (χ1v) is 8.99. The van der Waals surface area contributed by atoms with Crippen molar-refractivity contribution in [3.8, 4) is 5.75 Å². The van der Waals surface area contributed by atoms with Crippen LogP contribution in [0.1, 0.15) is 35.5 Å². The third-order valence-electron chi connectivity index (χ3n) is 4.80. The van der Waals surface area contributed by atoms with Gasteiger partial charge in [-0.25, -0.2) is 4.39 Å². The number of hydrogen-bond donors (Lipinski definition) is 2. The van der Waals surface area contributed by atoms with Gasteiger partial charge in [-0.2, -0.15) is 0 Å². The van der Waals surface area contributed by atoms with Gasteiger partial charge in [-0.1, -0.05) is 23.2 Å². The molecular formula is C20H16Cl2FNO4. The Morgan fingerprint density at radius 2 is 1.75 bits per heavy atom. The van der Waals surface area contributed by atoms with E-state index in [4.69, 9.17) is 23.2 Å². The van der Waals surface area contributed by atoms with Gasteiger partial charge in [0, 0.05) is 22.7 Å². The van der Waals surface area contributed by atoms with Crippen LogP contribution >= 0.6 is 23.2 Å².